The van der Waals surface area contributed by atoms with Crippen molar-refractivity contribution in [1.82, 2.24) is 0 Å². The topological polar surface area (TPSA) is 13.1 Å². The SMILES string of the molecule is [B]c1ccc(-c2ccccc2)o1. The lowest BCUT2D eigenvalue weighted by atomic mass is 10.1. The molecule has 0 saturated heterocycles. The van der Waals surface area contributed by atoms with Gasteiger partial charge in [0.1, 0.15) is 5.76 Å². The van der Waals surface area contributed by atoms with Gasteiger partial charge in [-0.3, -0.25) is 0 Å². The van der Waals surface area contributed by atoms with Gasteiger partial charge in [0, 0.05) is 11.2 Å². The van der Waals surface area contributed by atoms with Crippen molar-refractivity contribution in [3.05, 3.63) is 42.5 Å². The quantitative estimate of drug-likeness (QED) is 0.570. The summed E-state index contributed by atoms with van der Waals surface area (Å²) in [6.45, 7) is 0. The third kappa shape index (κ3) is 1.28. The third-order valence-corrected chi connectivity index (χ3v) is 1.69. The molecule has 0 aliphatic carbocycles. The van der Waals surface area contributed by atoms with E-state index < -0.39 is 0 Å². The summed E-state index contributed by atoms with van der Waals surface area (Å²) in [4.78, 5) is 0. The number of hydrogen-bond donors (Lipinski definition) is 0. The maximum Gasteiger partial charge on any atom is 0.167 e. The molecule has 0 aliphatic heterocycles. The number of hydrogen-bond acceptors (Lipinski definition) is 1. The van der Waals surface area contributed by atoms with E-state index in [1.807, 2.05) is 36.4 Å². The average molecular weight is 154 g/mol. The third-order valence-electron chi connectivity index (χ3n) is 1.69. The van der Waals surface area contributed by atoms with Crippen LogP contribution < -0.4 is 5.66 Å². The highest BCUT2D eigenvalue weighted by Gasteiger charge is 1.99. The molecular formula is C10H7BO. The van der Waals surface area contributed by atoms with Gasteiger partial charge in [-0.1, -0.05) is 30.3 Å². The van der Waals surface area contributed by atoms with Crippen molar-refractivity contribution < 1.29 is 4.42 Å². The van der Waals surface area contributed by atoms with Gasteiger partial charge in [-0.25, -0.2) is 0 Å². The minimum Gasteiger partial charge on any atom is -0.473 e. The molecule has 0 fully saturated rings. The molecule has 0 spiro atoms. The minimum atomic E-state index is 0.453. The fourth-order valence-corrected chi connectivity index (χ4v) is 1.11. The zero-order chi connectivity index (χ0) is 8.39. The molecule has 1 aromatic carbocycles. The molecule has 2 aromatic rings. The van der Waals surface area contributed by atoms with Gasteiger partial charge in [-0.15, -0.1) is 0 Å². The lowest BCUT2D eigenvalue weighted by molar-refractivity contribution is 0.617. The van der Waals surface area contributed by atoms with E-state index in [-0.39, 0.29) is 0 Å². The van der Waals surface area contributed by atoms with Crippen LogP contribution in [0, 0.1) is 0 Å². The Bertz CT molecular complexity index is 364. The zero-order valence-corrected chi connectivity index (χ0v) is 6.53. The minimum absolute atomic E-state index is 0.453. The first-order chi connectivity index (χ1) is 5.86. The van der Waals surface area contributed by atoms with E-state index >= 15 is 0 Å². The monoisotopic (exact) mass is 154 g/mol. The lowest BCUT2D eigenvalue weighted by Gasteiger charge is -1.93. The lowest BCUT2D eigenvalue weighted by Crippen LogP contribution is -1.93. The smallest absolute Gasteiger partial charge is 0.167 e. The summed E-state index contributed by atoms with van der Waals surface area (Å²) in [6, 6.07) is 13.5. The molecule has 2 heteroatoms. The first kappa shape index (κ1) is 7.23. The summed E-state index contributed by atoms with van der Waals surface area (Å²) in [7, 11) is 5.45. The molecule has 56 valence electrons. The Balaban J connectivity index is 2.45. The highest BCUT2D eigenvalue weighted by Crippen LogP contribution is 2.17. The number of rotatable bonds is 1. The molecule has 1 nitrogen and oxygen atoms in total. The second-order valence-electron chi connectivity index (χ2n) is 2.57. The molecule has 2 radical (unpaired) electrons. The van der Waals surface area contributed by atoms with E-state index in [1.165, 1.54) is 0 Å². The molecule has 0 N–H and O–H groups in total. The highest BCUT2D eigenvalue weighted by atomic mass is 16.3. The largest absolute Gasteiger partial charge is 0.473 e. The summed E-state index contributed by atoms with van der Waals surface area (Å²) in [6.07, 6.45) is 0. The van der Waals surface area contributed by atoms with Crippen molar-refractivity contribution in [2.45, 2.75) is 0 Å². The summed E-state index contributed by atoms with van der Waals surface area (Å²) in [5.74, 6) is 0.813. The van der Waals surface area contributed by atoms with Crippen LogP contribution in [0.2, 0.25) is 0 Å². The van der Waals surface area contributed by atoms with Gasteiger partial charge in [0.25, 0.3) is 0 Å². The summed E-state index contributed by atoms with van der Waals surface area (Å²) >= 11 is 0. The Labute approximate surface area is 72.4 Å². The molecule has 1 heterocycles. The maximum absolute atomic E-state index is 5.45. The van der Waals surface area contributed by atoms with E-state index in [0.717, 1.165) is 11.3 Å². The Hall–Kier alpha value is -1.44. The average Bonchev–Trinajstić information content (AvgIpc) is 2.54. The van der Waals surface area contributed by atoms with Crippen molar-refractivity contribution in [3.8, 4) is 11.3 Å². The number of furan rings is 1. The molecule has 0 saturated carbocycles. The Morgan fingerprint density at radius 3 is 2.25 bits per heavy atom. The predicted octanol–water partition coefficient (Wildman–Crippen LogP) is 1.74. The second-order valence-corrected chi connectivity index (χ2v) is 2.57. The first-order valence-electron chi connectivity index (χ1n) is 3.77. The van der Waals surface area contributed by atoms with E-state index in [1.54, 1.807) is 6.07 Å². The fraction of sp³-hybridized carbons (Fsp3) is 0. The molecule has 12 heavy (non-hydrogen) atoms. The molecule has 0 bridgehead atoms. The fourth-order valence-electron chi connectivity index (χ4n) is 1.11. The molecule has 0 aliphatic rings. The molecule has 0 atom stereocenters. The van der Waals surface area contributed by atoms with Gasteiger partial charge in [0.15, 0.2) is 7.85 Å². The van der Waals surface area contributed by atoms with Crippen LogP contribution in [-0.4, -0.2) is 7.85 Å². The Morgan fingerprint density at radius 1 is 0.917 bits per heavy atom. The predicted molar refractivity (Wildman–Crippen MR) is 49.5 cm³/mol. The van der Waals surface area contributed by atoms with Crippen molar-refractivity contribution >= 4 is 13.5 Å². The highest BCUT2D eigenvalue weighted by molar-refractivity contribution is 6.29. The molecule has 2 rings (SSSR count). The molecule has 0 unspecified atom stereocenters. The van der Waals surface area contributed by atoms with Gasteiger partial charge < -0.3 is 4.42 Å². The van der Waals surface area contributed by atoms with Crippen LogP contribution in [-0.2, 0) is 0 Å². The zero-order valence-electron chi connectivity index (χ0n) is 6.53. The van der Waals surface area contributed by atoms with Crippen LogP contribution in [0.3, 0.4) is 0 Å². The molecule has 0 amide bonds. The maximum atomic E-state index is 5.45. The second kappa shape index (κ2) is 2.90. The molecule has 1 aromatic heterocycles. The van der Waals surface area contributed by atoms with Crippen molar-refractivity contribution in [3.63, 3.8) is 0 Å². The van der Waals surface area contributed by atoms with E-state index in [9.17, 15) is 0 Å². The Kier molecular flexibility index (Phi) is 1.74. The van der Waals surface area contributed by atoms with Gasteiger partial charge in [0.05, 0.1) is 0 Å². The summed E-state index contributed by atoms with van der Waals surface area (Å²) in [5, 5.41) is 0. The van der Waals surface area contributed by atoms with Crippen LogP contribution in [0.1, 0.15) is 0 Å². The Morgan fingerprint density at radius 2 is 1.67 bits per heavy atom. The van der Waals surface area contributed by atoms with Gasteiger partial charge in [-0.05, 0) is 12.1 Å². The van der Waals surface area contributed by atoms with Gasteiger partial charge >= 0.3 is 0 Å². The first-order valence-corrected chi connectivity index (χ1v) is 3.77. The standard InChI is InChI=1S/C10H7BO/c11-10-7-6-9(12-10)8-4-2-1-3-5-8/h1-7H. The van der Waals surface area contributed by atoms with E-state index in [4.69, 9.17) is 12.3 Å². The van der Waals surface area contributed by atoms with Crippen molar-refractivity contribution in [1.29, 1.82) is 0 Å². The van der Waals surface area contributed by atoms with Crippen LogP contribution in [0.5, 0.6) is 0 Å². The van der Waals surface area contributed by atoms with Crippen LogP contribution in [0.25, 0.3) is 11.3 Å². The van der Waals surface area contributed by atoms with Gasteiger partial charge in [0.2, 0.25) is 0 Å². The summed E-state index contributed by atoms with van der Waals surface area (Å²) < 4.78 is 5.25. The van der Waals surface area contributed by atoms with Crippen molar-refractivity contribution in [2.24, 2.45) is 0 Å². The number of benzene rings is 1. The van der Waals surface area contributed by atoms with Crippen LogP contribution >= 0.6 is 0 Å². The summed E-state index contributed by atoms with van der Waals surface area (Å²) in [5.41, 5.74) is 1.50. The van der Waals surface area contributed by atoms with Crippen molar-refractivity contribution in [2.75, 3.05) is 0 Å². The normalized spacial score (nSPS) is 10.0. The van der Waals surface area contributed by atoms with Crippen LogP contribution in [0.15, 0.2) is 46.9 Å². The molecular weight excluding hydrogens is 147 g/mol. The van der Waals surface area contributed by atoms with E-state index in [0.29, 0.717) is 5.66 Å². The van der Waals surface area contributed by atoms with Crippen LogP contribution in [0.4, 0.5) is 0 Å². The van der Waals surface area contributed by atoms with Gasteiger partial charge in [-0.2, -0.15) is 0 Å². The van der Waals surface area contributed by atoms with E-state index in [2.05, 4.69) is 0 Å².